The number of nitro groups is 2. The summed E-state index contributed by atoms with van der Waals surface area (Å²) in [5.74, 6) is 0.685. The average Bonchev–Trinajstić information content (AvgIpc) is 2.69. The molecular weight excluding hydrogens is 324 g/mol. The van der Waals surface area contributed by atoms with Gasteiger partial charge in [-0.1, -0.05) is 20.8 Å². The van der Waals surface area contributed by atoms with E-state index in [9.17, 15) is 20.2 Å². The second kappa shape index (κ2) is 5.79. The number of nitrogens with zero attached hydrogens (tertiary/aromatic N) is 3. The molecule has 0 spiro atoms. The van der Waals surface area contributed by atoms with Crippen molar-refractivity contribution >= 4 is 22.8 Å². The molecule has 0 saturated heterocycles. The molecule has 2 aliphatic rings. The topological polar surface area (TPSA) is 111 Å². The van der Waals surface area contributed by atoms with Gasteiger partial charge in [-0.2, -0.15) is 5.10 Å². The average molecular weight is 346 g/mol. The van der Waals surface area contributed by atoms with E-state index in [-0.39, 0.29) is 27.9 Å². The maximum Gasteiger partial charge on any atom is 0.301 e. The summed E-state index contributed by atoms with van der Waals surface area (Å²) in [7, 11) is 0. The van der Waals surface area contributed by atoms with E-state index in [1.165, 1.54) is 18.6 Å². The van der Waals surface area contributed by atoms with Crippen molar-refractivity contribution < 1.29 is 9.85 Å². The minimum Gasteiger partial charge on any atom is -0.272 e. The van der Waals surface area contributed by atoms with E-state index < -0.39 is 9.85 Å². The van der Waals surface area contributed by atoms with E-state index in [4.69, 9.17) is 0 Å². The molecule has 8 heteroatoms. The first-order valence-corrected chi connectivity index (χ1v) is 8.43. The van der Waals surface area contributed by atoms with Crippen molar-refractivity contribution in [1.82, 2.24) is 0 Å². The second-order valence-electron chi connectivity index (χ2n) is 7.71. The molecule has 1 N–H and O–H groups in total. The molecule has 3 rings (SSSR count). The highest BCUT2D eigenvalue weighted by atomic mass is 16.6. The van der Waals surface area contributed by atoms with Crippen LogP contribution in [-0.4, -0.2) is 15.6 Å². The third-order valence-electron chi connectivity index (χ3n) is 6.50. The lowest BCUT2D eigenvalue weighted by Crippen LogP contribution is -2.44. The lowest BCUT2D eigenvalue weighted by Gasteiger charge is -2.46. The van der Waals surface area contributed by atoms with Gasteiger partial charge in [0.2, 0.25) is 0 Å². The van der Waals surface area contributed by atoms with Crippen LogP contribution in [-0.2, 0) is 0 Å². The lowest BCUT2D eigenvalue weighted by molar-refractivity contribution is -0.393. The Hall–Kier alpha value is -2.51. The molecule has 0 unspecified atom stereocenters. The summed E-state index contributed by atoms with van der Waals surface area (Å²) in [4.78, 5) is 20.8. The minimum atomic E-state index is -0.647. The van der Waals surface area contributed by atoms with Crippen LogP contribution >= 0.6 is 0 Å². The highest BCUT2D eigenvalue weighted by molar-refractivity contribution is 5.92. The van der Waals surface area contributed by atoms with Gasteiger partial charge in [-0.05, 0) is 43.1 Å². The number of rotatable bonds is 4. The molecule has 8 nitrogen and oxygen atoms in total. The quantitative estimate of drug-likeness (QED) is 0.637. The molecule has 0 amide bonds. The van der Waals surface area contributed by atoms with Crippen molar-refractivity contribution in [2.75, 3.05) is 5.43 Å². The molecule has 0 aromatic heterocycles. The molecule has 1 aromatic carbocycles. The Labute approximate surface area is 145 Å². The summed E-state index contributed by atoms with van der Waals surface area (Å²) in [6.45, 7) is 6.76. The van der Waals surface area contributed by atoms with Gasteiger partial charge in [-0.15, -0.1) is 0 Å². The molecule has 25 heavy (non-hydrogen) atoms. The number of hydrazone groups is 1. The fourth-order valence-electron chi connectivity index (χ4n) is 4.39. The van der Waals surface area contributed by atoms with Crippen molar-refractivity contribution in [3.8, 4) is 0 Å². The van der Waals surface area contributed by atoms with Crippen molar-refractivity contribution in [3.63, 3.8) is 0 Å². The van der Waals surface area contributed by atoms with Crippen LogP contribution in [0.5, 0.6) is 0 Å². The van der Waals surface area contributed by atoms with Crippen LogP contribution in [0.2, 0.25) is 0 Å². The molecule has 2 aliphatic carbocycles. The van der Waals surface area contributed by atoms with E-state index in [1.807, 2.05) is 0 Å². The lowest BCUT2D eigenvalue weighted by atomic mass is 9.58. The molecule has 0 aliphatic heterocycles. The van der Waals surface area contributed by atoms with Gasteiger partial charge in [0, 0.05) is 17.2 Å². The Balaban J connectivity index is 1.92. The highest BCUT2D eigenvalue weighted by Crippen LogP contribution is 2.61. The highest BCUT2D eigenvalue weighted by Gasteiger charge is 2.56. The summed E-state index contributed by atoms with van der Waals surface area (Å²) < 4.78 is 0. The zero-order valence-electron chi connectivity index (χ0n) is 14.6. The molecule has 2 bridgehead atoms. The number of non-ortho nitro benzene ring substituents is 1. The van der Waals surface area contributed by atoms with Gasteiger partial charge in [0.15, 0.2) is 0 Å². The molecule has 2 atom stereocenters. The van der Waals surface area contributed by atoms with Crippen LogP contribution in [0.1, 0.15) is 46.5 Å². The molecular formula is C17H22N4O4. The zero-order valence-corrected chi connectivity index (χ0v) is 14.6. The first-order chi connectivity index (χ1) is 11.7. The van der Waals surface area contributed by atoms with Gasteiger partial charge < -0.3 is 0 Å². The summed E-state index contributed by atoms with van der Waals surface area (Å²) in [6, 6.07) is 3.54. The van der Waals surface area contributed by atoms with Gasteiger partial charge in [0.1, 0.15) is 5.69 Å². The van der Waals surface area contributed by atoms with Gasteiger partial charge in [-0.3, -0.25) is 25.7 Å². The summed E-state index contributed by atoms with van der Waals surface area (Å²) in [5.41, 5.74) is 3.46. The zero-order chi connectivity index (χ0) is 18.4. The Morgan fingerprint density at radius 3 is 2.52 bits per heavy atom. The molecule has 2 saturated carbocycles. The number of fused-ring (bicyclic) bond motifs is 2. The van der Waals surface area contributed by atoms with Crippen LogP contribution in [0.4, 0.5) is 17.1 Å². The van der Waals surface area contributed by atoms with Gasteiger partial charge in [0.25, 0.3) is 5.69 Å². The maximum absolute atomic E-state index is 11.2. The summed E-state index contributed by atoms with van der Waals surface area (Å²) >= 11 is 0. The molecule has 134 valence electrons. The van der Waals surface area contributed by atoms with Crippen LogP contribution in [0.25, 0.3) is 0 Å². The molecule has 1 aromatic rings. The number of nitro benzene ring substituents is 2. The number of nitrogens with one attached hydrogen (secondary N) is 1. The third kappa shape index (κ3) is 2.65. The van der Waals surface area contributed by atoms with E-state index in [0.29, 0.717) is 5.92 Å². The predicted molar refractivity (Wildman–Crippen MR) is 94.7 cm³/mol. The van der Waals surface area contributed by atoms with Crippen molar-refractivity contribution in [2.45, 2.75) is 46.5 Å². The van der Waals surface area contributed by atoms with Crippen molar-refractivity contribution in [2.24, 2.45) is 21.8 Å². The minimum absolute atomic E-state index is 0.0293. The van der Waals surface area contributed by atoms with Gasteiger partial charge in [0.05, 0.1) is 15.9 Å². The SMILES string of the molecule is CC1(C)[C@@H]2CCC(=NNc3ccc([N+](=O)[O-])cc3[N+](=O)[O-])[C@@]1(C)CC2. The fraction of sp³-hybridized carbons (Fsp3) is 0.588. The second-order valence-corrected chi connectivity index (χ2v) is 7.71. The van der Waals surface area contributed by atoms with Crippen LogP contribution in [0.15, 0.2) is 23.3 Å². The summed E-state index contributed by atoms with van der Waals surface area (Å²) in [5, 5.41) is 26.6. The van der Waals surface area contributed by atoms with Crippen LogP contribution in [0, 0.1) is 37.0 Å². The smallest absolute Gasteiger partial charge is 0.272 e. The number of hydrogen-bond acceptors (Lipinski definition) is 6. The molecule has 0 radical (unpaired) electrons. The van der Waals surface area contributed by atoms with Gasteiger partial charge in [-0.25, -0.2) is 0 Å². The Kier molecular flexibility index (Phi) is 4.01. The van der Waals surface area contributed by atoms with E-state index in [1.54, 1.807) is 0 Å². The van der Waals surface area contributed by atoms with E-state index in [2.05, 4.69) is 31.3 Å². The van der Waals surface area contributed by atoms with Crippen LogP contribution < -0.4 is 5.43 Å². The number of benzene rings is 1. The number of anilines is 1. The molecule has 0 heterocycles. The first-order valence-electron chi connectivity index (χ1n) is 8.43. The van der Waals surface area contributed by atoms with E-state index in [0.717, 1.165) is 31.0 Å². The molecule has 2 fully saturated rings. The normalized spacial score (nSPS) is 28.8. The Morgan fingerprint density at radius 2 is 1.88 bits per heavy atom. The van der Waals surface area contributed by atoms with Gasteiger partial charge >= 0.3 is 5.69 Å². The largest absolute Gasteiger partial charge is 0.301 e. The van der Waals surface area contributed by atoms with Crippen LogP contribution in [0.3, 0.4) is 0 Å². The number of hydrogen-bond donors (Lipinski definition) is 1. The Morgan fingerprint density at radius 1 is 1.16 bits per heavy atom. The monoisotopic (exact) mass is 346 g/mol. The standard InChI is InChI=1S/C17H22N4O4/c1-16(2)11-4-7-15(17(16,3)9-8-11)19-18-13-6-5-12(20(22)23)10-14(13)21(24)25/h5-6,10-11,18H,4,7-9H2,1-3H3/t11-,17-/m1/s1. The first kappa shape index (κ1) is 17.3. The van der Waals surface area contributed by atoms with Crippen molar-refractivity contribution in [1.29, 1.82) is 0 Å². The predicted octanol–water partition coefficient (Wildman–Crippen LogP) is 4.51. The maximum atomic E-state index is 11.2. The fourth-order valence-corrected chi connectivity index (χ4v) is 4.39. The van der Waals surface area contributed by atoms with E-state index >= 15 is 0 Å². The van der Waals surface area contributed by atoms with Crippen molar-refractivity contribution in [3.05, 3.63) is 38.4 Å². The third-order valence-corrected chi connectivity index (χ3v) is 6.50. The summed E-state index contributed by atoms with van der Waals surface area (Å²) in [6.07, 6.45) is 4.19. The Bertz CT molecular complexity index is 774.